The maximum Gasteiger partial charge on any atom is 0.415 e. The fourth-order valence-electron chi connectivity index (χ4n) is 12.6. The van der Waals surface area contributed by atoms with Gasteiger partial charge in [0.2, 0.25) is 5.91 Å². The number of nitrogens with zero attached hydrogens (tertiary/aromatic N) is 4. The summed E-state index contributed by atoms with van der Waals surface area (Å²) in [6.45, 7) is 4.34. The van der Waals surface area contributed by atoms with Gasteiger partial charge in [0.25, 0.3) is 5.56 Å². The van der Waals surface area contributed by atoms with E-state index in [0.717, 1.165) is 56.2 Å². The highest BCUT2D eigenvalue weighted by atomic mass is 32.2. The van der Waals surface area contributed by atoms with E-state index in [1.807, 2.05) is 20.3 Å². The van der Waals surface area contributed by atoms with E-state index >= 15 is 4.79 Å². The van der Waals surface area contributed by atoms with Crippen LogP contribution in [-0.4, -0.2) is 204 Å². The average Bonchev–Trinajstić information content (AvgIpc) is 3.65. The van der Waals surface area contributed by atoms with E-state index in [0.29, 0.717) is 34.5 Å². The predicted molar refractivity (Wildman–Crippen MR) is 332 cm³/mol. The zero-order valence-electron chi connectivity index (χ0n) is 44.7. The SMILES string of the molecule is Bc1c(B)c(C(F)(F)F)c(B)c(B)c1-c1c(B)c(B)c(C(B)(B)N(C(=O)Cn2c(SC(B)(B)c3ccc(F)cc3)nc(=O)c3c2CCC3)C(B)(B)C(B)(B)N(C(B)(B)C)C(B)(B)C)c(B)c1B. The van der Waals surface area contributed by atoms with Gasteiger partial charge in [0.05, 0.1) is 0 Å². The minimum atomic E-state index is -4.48. The summed E-state index contributed by atoms with van der Waals surface area (Å²) in [7, 11) is 40.9. The van der Waals surface area contributed by atoms with Crippen molar-refractivity contribution in [1.82, 2.24) is 19.4 Å². The number of benzene rings is 3. The molecule has 0 saturated carbocycles. The van der Waals surface area contributed by atoms with Crippen molar-refractivity contribution < 1.29 is 22.4 Å². The number of carbonyl (C=O) groups is 1. The molecule has 1 aliphatic carbocycles. The largest absolute Gasteiger partial charge is 0.415 e. The third-order valence-corrected chi connectivity index (χ3v) is 16.8. The Morgan fingerprint density at radius 2 is 1.10 bits per heavy atom. The lowest BCUT2D eigenvalue weighted by Crippen LogP contribution is -2.83. The second-order valence-corrected chi connectivity index (χ2v) is 24.9. The van der Waals surface area contributed by atoms with Gasteiger partial charge in [-0.25, -0.2) is 4.39 Å². The number of carbonyl (C=O) groups excluding carboxylic acids is 1. The lowest BCUT2D eigenvalue weighted by atomic mass is 9.32. The monoisotopic (exact) mass is 907 g/mol. The molecule has 4 aromatic rings. The minimum Gasteiger partial charge on any atom is -0.357 e. The van der Waals surface area contributed by atoms with E-state index in [1.165, 1.54) is 23.9 Å². The quantitative estimate of drug-likeness (QED) is 0.0579. The van der Waals surface area contributed by atoms with Crippen molar-refractivity contribution in [3.05, 3.63) is 68.4 Å². The molecular weight excluding hydrogens is 845 g/mol. The lowest BCUT2D eigenvalue weighted by Gasteiger charge is -2.67. The molecule has 67 heavy (non-hydrogen) atoms. The molecule has 328 valence electrons. The highest BCUT2D eigenvalue weighted by molar-refractivity contribution is 8.02. The second kappa shape index (κ2) is 18.5. The summed E-state index contributed by atoms with van der Waals surface area (Å²) in [5.41, 5.74) is 9.71. The van der Waals surface area contributed by atoms with Gasteiger partial charge in [0.1, 0.15) is 169 Å². The van der Waals surface area contributed by atoms with Crippen molar-refractivity contribution in [2.45, 2.75) is 82.2 Å². The summed E-state index contributed by atoms with van der Waals surface area (Å²) in [5.74, 6) is -0.487. The number of thioether (sulfide) groups is 1. The Labute approximate surface area is 419 Å². The van der Waals surface area contributed by atoms with Crippen molar-refractivity contribution in [3.63, 3.8) is 0 Å². The van der Waals surface area contributed by atoms with Gasteiger partial charge >= 0.3 is 6.18 Å². The molecular formula is C36H58B20F4N4O2S. The minimum absolute atomic E-state index is 0.0813. The van der Waals surface area contributed by atoms with E-state index in [1.54, 1.807) is 43.5 Å². The Morgan fingerprint density at radius 1 is 0.672 bits per heavy atom. The summed E-state index contributed by atoms with van der Waals surface area (Å²) >= 11 is 1.40. The van der Waals surface area contributed by atoms with Crippen LogP contribution in [0.4, 0.5) is 17.6 Å². The Hall–Kier alpha value is -2.66. The first-order valence-electron chi connectivity index (χ1n) is 23.8. The third kappa shape index (κ3) is 9.88. The van der Waals surface area contributed by atoms with E-state index in [-0.39, 0.29) is 45.4 Å². The summed E-state index contributed by atoms with van der Waals surface area (Å²) < 4.78 is 59.0. The van der Waals surface area contributed by atoms with Crippen LogP contribution in [-0.2, 0) is 40.2 Å². The molecule has 0 atom stereocenters. The zero-order valence-corrected chi connectivity index (χ0v) is 45.5. The predicted octanol–water partition coefficient (Wildman–Crippen LogP) is -19.3. The lowest BCUT2D eigenvalue weighted by molar-refractivity contribution is -0.138. The molecule has 1 aliphatic rings. The molecule has 1 aromatic heterocycles. The van der Waals surface area contributed by atoms with Crippen molar-refractivity contribution in [2.24, 2.45) is 0 Å². The van der Waals surface area contributed by atoms with Gasteiger partial charge in [-0.1, -0.05) is 87.0 Å². The molecule has 0 unspecified atom stereocenters. The van der Waals surface area contributed by atoms with E-state index in [4.69, 9.17) is 4.98 Å². The van der Waals surface area contributed by atoms with Crippen LogP contribution in [0.2, 0.25) is 0 Å². The third-order valence-electron chi connectivity index (χ3n) is 15.5. The first kappa shape index (κ1) is 55.3. The van der Waals surface area contributed by atoms with Crippen LogP contribution >= 0.6 is 11.8 Å². The first-order valence-corrected chi connectivity index (χ1v) is 24.6. The van der Waals surface area contributed by atoms with Crippen molar-refractivity contribution in [2.75, 3.05) is 0 Å². The molecule has 31 heteroatoms. The van der Waals surface area contributed by atoms with Crippen LogP contribution in [0.5, 0.6) is 0 Å². The van der Waals surface area contributed by atoms with Gasteiger partial charge in [-0.3, -0.25) is 9.59 Å². The normalized spacial score (nSPS) is 14.0. The highest BCUT2D eigenvalue weighted by Gasteiger charge is 2.55. The molecule has 0 saturated heterocycles. The Kier molecular flexibility index (Phi) is 15.3. The van der Waals surface area contributed by atoms with Gasteiger partial charge in [0.15, 0.2) is 5.16 Å². The average molecular weight is 903 g/mol. The number of hydrogen-bond acceptors (Lipinski definition) is 5. The Bertz CT molecular complexity index is 2640. The fourth-order valence-corrected chi connectivity index (χ4v) is 13.7. The van der Waals surface area contributed by atoms with Crippen molar-refractivity contribution >= 4 is 218 Å². The molecule has 0 fully saturated rings. The number of aromatic nitrogens is 2. The maximum atomic E-state index is 16.3. The van der Waals surface area contributed by atoms with Crippen molar-refractivity contribution in [3.8, 4) is 11.1 Å². The number of rotatable bonds is 13. The molecule has 5 rings (SSSR count). The van der Waals surface area contributed by atoms with Gasteiger partial charge in [-0.2, -0.15) is 18.2 Å². The molecule has 0 aliphatic heterocycles. The number of fused-ring (bicyclic) bond motifs is 1. The van der Waals surface area contributed by atoms with E-state index in [9.17, 15) is 22.4 Å². The molecule has 6 nitrogen and oxygen atoms in total. The topological polar surface area (TPSA) is 58.4 Å². The van der Waals surface area contributed by atoms with E-state index in [2.05, 4.69) is 133 Å². The molecule has 1 heterocycles. The molecule has 3 aromatic carbocycles. The molecule has 0 radical (unpaired) electrons. The van der Waals surface area contributed by atoms with Gasteiger partial charge < -0.3 is 14.4 Å². The van der Waals surface area contributed by atoms with Crippen LogP contribution < -0.4 is 49.3 Å². The van der Waals surface area contributed by atoms with E-state index < -0.39 is 32.3 Å². The number of hydrogen-bond donors (Lipinski definition) is 0. The van der Waals surface area contributed by atoms with Crippen LogP contribution in [0.1, 0.15) is 48.2 Å². The summed E-state index contributed by atoms with van der Waals surface area (Å²) in [6, 6.07) is 6.36. The Morgan fingerprint density at radius 3 is 1.52 bits per heavy atom. The summed E-state index contributed by atoms with van der Waals surface area (Å²) in [4.78, 5) is 39.3. The molecule has 0 bridgehead atoms. The van der Waals surface area contributed by atoms with Crippen molar-refractivity contribution in [1.29, 1.82) is 0 Å². The van der Waals surface area contributed by atoms with Crippen LogP contribution in [0.3, 0.4) is 0 Å². The first-order chi connectivity index (χ1) is 30.3. The van der Waals surface area contributed by atoms with Gasteiger partial charge in [0, 0.05) is 22.2 Å². The smallest absolute Gasteiger partial charge is 0.357 e. The summed E-state index contributed by atoms with van der Waals surface area (Å²) in [6.07, 6.45) is -2.50. The second-order valence-electron chi connectivity index (χ2n) is 23.3. The molecule has 1 amide bonds. The number of amides is 1. The van der Waals surface area contributed by atoms with Gasteiger partial charge in [-0.15, -0.1) is 0 Å². The standard InChI is InChI=1S/C36H58B20F4N4O2S/c1-30(45,46)64(31(2,47)48)36(55,56)35(53,54)63(15(65)10-62-14-5-3-4-13(14)28(66)61-29(62)67-33(51,52)11-6-8-12(57)9-7-11)32(49,50)18-24(41)20(37)16(21(38)25(18)42)17-22(39)26(43)19(34(58,59)60)27(44)23(17)40/h6-9H,3-5,10,37-56H2,1-2H3. The number of halogens is 4. The summed E-state index contributed by atoms with van der Waals surface area (Å²) in [5, 5.41) is -2.76. The molecule has 0 N–H and O–H groups in total. The highest BCUT2D eigenvalue weighted by Crippen LogP contribution is 2.40. The Balaban J connectivity index is 1.83. The molecule has 0 spiro atoms. The number of alkyl halides is 3. The fraction of sp³-hybridized carbons (Fsp3) is 0.361. The zero-order chi connectivity index (χ0) is 51.3. The maximum absolute atomic E-state index is 16.3. The van der Waals surface area contributed by atoms with Gasteiger partial charge in [-0.05, 0) is 74.0 Å². The van der Waals surface area contributed by atoms with Crippen LogP contribution in [0, 0.1) is 5.82 Å². The van der Waals surface area contributed by atoms with Crippen LogP contribution in [0.25, 0.3) is 11.1 Å². The van der Waals surface area contributed by atoms with Crippen LogP contribution in [0.15, 0.2) is 34.2 Å².